The van der Waals surface area contributed by atoms with Gasteiger partial charge < -0.3 is 14.6 Å². The number of piperazine rings is 1. The first-order valence-electron chi connectivity index (χ1n) is 8.73. The number of rotatable bonds is 6. The van der Waals surface area contributed by atoms with Crippen molar-refractivity contribution in [3.63, 3.8) is 0 Å². The van der Waals surface area contributed by atoms with Crippen LogP contribution in [0, 0.1) is 0 Å². The van der Waals surface area contributed by atoms with Crippen LogP contribution >= 0.6 is 11.6 Å². The summed E-state index contributed by atoms with van der Waals surface area (Å²) in [5.41, 5.74) is 1.24. The molecule has 2 amide bonds. The third-order valence-corrected chi connectivity index (χ3v) is 4.70. The monoisotopic (exact) mass is 361 g/mol. The number of aryl methyl sites for hydroxylation is 1. The average molecular weight is 362 g/mol. The molecule has 5 nitrogen and oxygen atoms in total. The molecule has 1 saturated heterocycles. The minimum Gasteiger partial charge on any atom is -0.468 e. The first kappa shape index (κ1) is 17.8. The Labute approximate surface area is 153 Å². The van der Waals surface area contributed by atoms with E-state index in [-0.39, 0.29) is 6.03 Å². The first-order chi connectivity index (χ1) is 12.2. The minimum atomic E-state index is 0.0359. The van der Waals surface area contributed by atoms with Crippen LogP contribution in [-0.4, -0.2) is 48.6 Å². The summed E-state index contributed by atoms with van der Waals surface area (Å²) in [7, 11) is 0. The molecule has 2 aromatic rings. The van der Waals surface area contributed by atoms with E-state index in [1.165, 1.54) is 5.56 Å². The summed E-state index contributed by atoms with van der Waals surface area (Å²) >= 11 is 5.88. The highest BCUT2D eigenvalue weighted by Crippen LogP contribution is 2.11. The largest absolute Gasteiger partial charge is 0.468 e. The number of furan rings is 1. The second-order valence-corrected chi connectivity index (χ2v) is 6.74. The van der Waals surface area contributed by atoms with Crippen molar-refractivity contribution in [1.82, 2.24) is 15.1 Å². The van der Waals surface area contributed by atoms with E-state index >= 15 is 0 Å². The van der Waals surface area contributed by atoms with Crippen molar-refractivity contribution in [3.05, 3.63) is 59.0 Å². The highest BCUT2D eigenvalue weighted by molar-refractivity contribution is 6.30. The molecule has 1 aliphatic heterocycles. The number of carbonyl (C=O) groups is 1. The fraction of sp³-hybridized carbons (Fsp3) is 0.421. The molecule has 0 radical (unpaired) electrons. The summed E-state index contributed by atoms with van der Waals surface area (Å²) in [6.07, 6.45) is 3.56. The number of amides is 2. The Morgan fingerprint density at radius 3 is 2.56 bits per heavy atom. The second kappa shape index (κ2) is 8.92. The van der Waals surface area contributed by atoms with Gasteiger partial charge >= 0.3 is 6.03 Å². The fourth-order valence-electron chi connectivity index (χ4n) is 2.98. The van der Waals surface area contributed by atoms with Gasteiger partial charge in [-0.3, -0.25) is 4.90 Å². The highest BCUT2D eigenvalue weighted by atomic mass is 35.5. The molecule has 1 fully saturated rings. The predicted molar refractivity (Wildman–Crippen MR) is 98.7 cm³/mol. The van der Waals surface area contributed by atoms with Gasteiger partial charge in [0.05, 0.1) is 12.8 Å². The van der Waals surface area contributed by atoms with Gasteiger partial charge in [-0.15, -0.1) is 0 Å². The zero-order valence-corrected chi connectivity index (χ0v) is 15.0. The first-order valence-corrected chi connectivity index (χ1v) is 9.10. The number of benzene rings is 1. The van der Waals surface area contributed by atoms with Crippen molar-refractivity contribution in [2.24, 2.45) is 0 Å². The molecule has 0 aliphatic carbocycles. The number of hydrogen-bond acceptors (Lipinski definition) is 3. The molecule has 0 atom stereocenters. The van der Waals surface area contributed by atoms with E-state index in [1.54, 1.807) is 6.26 Å². The van der Waals surface area contributed by atoms with Crippen LogP contribution in [0.4, 0.5) is 4.79 Å². The fourth-order valence-corrected chi connectivity index (χ4v) is 3.11. The van der Waals surface area contributed by atoms with Crippen LogP contribution in [0.2, 0.25) is 5.02 Å². The van der Waals surface area contributed by atoms with Crippen LogP contribution in [0.3, 0.4) is 0 Å². The van der Waals surface area contributed by atoms with Crippen molar-refractivity contribution >= 4 is 17.6 Å². The molecule has 25 heavy (non-hydrogen) atoms. The topological polar surface area (TPSA) is 48.7 Å². The number of hydrogen-bond donors (Lipinski definition) is 1. The van der Waals surface area contributed by atoms with Gasteiger partial charge in [-0.1, -0.05) is 23.7 Å². The maximum absolute atomic E-state index is 12.2. The number of carbonyl (C=O) groups excluding carboxylic acids is 1. The number of nitrogens with one attached hydrogen (secondary N) is 1. The average Bonchev–Trinajstić information content (AvgIpc) is 3.14. The lowest BCUT2D eigenvalue weighted by molar-refractivity contribution is 0.130. The molecular weight excluding hydrogens is 338 g/mol. The van der Waals surface area contributed by atoms with Gasteiger partial charge in [-0.25, -0.2) is 4.79 Å². The third-order valence-electron chi connectivity index (χ3n) is 4.45. The lowest BCUT2D eigenvalue weighted by Crippen LogP contribution is -2.51. The summed E-state index contributed by atoms with van der Waals surface area (Å²) in [4.78, 5) is 16.4. The molecule has 0 bridgehead atoms. The summed E-state index contributed by atoms with van der Waals surface area (Å²) in [5.74, 6) is 0.972. The Morgan fingerprint density at radius 2 is 1.88 bits per heavy atom. The molecule has 134 valence electrons. The lowest BCUT2D eigenvalue weighted by Gasteiger charge is -2.34. The van der Waals surface area contributed by atoms with E-state index < -0.39 is 0 Å². The van der Waals surface area contributed by atoms with Crippen molar-refractivity contribution in [1.29, 1.82) is 0 Å². The zero-order chi connectivity index (χ0) is 17.5. The summed E-state index contributed by atoms with van der Waals surface area (Å²) in [5, 5.41) is 3.77. The van der Waals surface area contributed by atoms with Gasteiger partial charge in [0.1, 0.15) is 5.76 Å². The van der Waals surface area contributed by atoms with Gasteiger partial charge in [0.2, 0.25) is 0 Å². The Hall–Kier alpha value is -1.98. The molecule has 0 spiro atoms. The number of halogens is 1. The van der Waals surface area contributed by atoms with Crippen molar-refractivity contribution < 1.29 is 9.21 Å². The smallest absolute Gasteiger partial charge is 0.317 e. The predicted octanol–water partition coefficient (Wildman–Crippen LogP) is 3.39. The molecular formula is C19H24ClN3O2. The summed E-state index contributed by atoms with van der Waals surface area (Å²) < 4.78 is 5.38. The quantitative estimate of drug-likeness (QED) is 0.802. The van der Waals surface area contributed by atoms with E-state index in [2.05, 4.69) is 10.2 Å². The molecule has 6 heteroatoms. The minimum absolute atomic E-state index is 0.0359. The van der Waals surface area contributed by atoms with Gasteiger partial charge in [-0.2, -0.15) is 0 Å². The second-order valence-electron chi connectivity index (χ2n) is 6.30. The molecule has 2 heterocycles. The molecule has 1 aliphatic rings. The lowest BCUT2D eigenvalue weighted by atomic mass is 10.1. The highest BCUT2D eigenvalue weighted by Gasteiger charge is 2.21. The molecule has 3 rings (SSSR count). The standard InChI is InChI=1S/C19H24ClN3O2/c20-17-7-5-16(6-8-17)3-1-9-21-19(24)23-12-10-22(11-13-23)15-18-4-2-14-25-18/h2,4-8,14H,1,3,9-13,15H2,(H,21,24). The molecule has 0 unspecified atom stereocenters. The Bertz CT molecular complexity index is 650. The van der Waals surface area contributed by atoms with Gasteiger partial charge in [0.15, 0.2) is 0 Å². The van der Waals surface area contributed by atoms with Gasteiger partial charge in [0, 0.05) is 37.7 Å². The van der Waals surface area contributed by atoms with E-state index in [4.69, 9.17) is 16.0 Å². The van der Waals surface area contributed by atoms with E-state index in [0.29, 0.717) is 6.54 Å². The van der Waals surface area contributed by atoms with Crippen LogP contribution < -0.4 is 5.32 Å². The van der Waals surface area contributed by atoms with Crippen LogP contribution in [0.1, 0.15) is 17.7 Å². The third kappa shape index (κ3) is 5.51. The van der Waals surface area contributed by atoms with Crippen LogP contribution in [0.15, 0.2) is 47.1 Å². The van der Waals surface area contributed by atoms with Crippen LogP contribution in [-0.2, 0) is 13.0 Å². The Balaban J connectivity index is 1.32. The maximum atomic E-state index is 12.2. The Morgan fingerprint density at radius 1 is 1.12 bits per heavy atom. The molecule has 0 saturated carbocycles. The van der Waals surface area contributed by atoms with Crippen LogP contribution in [0.25, 0.3) is 0 Å². The maximum Gasteiger partial charge on any atom is 0.317 e. The van der Waals surface area contributed by atoms with Crippen LogP contribution in [0.5, 0.6) is 0 Å². The number of urea groups is 1. The van der Waals surface area contributed by atoms with Crippen molar-refractivity contribution in [2.45, 2.75) is 19.4 Å². The molecule has 1 aromatic carbocycles. The van der Waals surface area contributed by atoms with E-state index in [1.807, 2.05) is 41.3 Å². The zero-order valence-electron chi connectivity index (χ0n) is 14.3. The van der Waals surface area contributed by atoms with Crippen molar-refractivity contribution in [2.75, 3.05) is 32.7 Å². The molecule has 1 N–H and O–H groups in total. The van der Waals surface area contributed by atoms with Gasteiger partial charge in [0.25, 0.3) is 0 Å². The Kier molecular flexibility index (Phi) is 6.36. The normalized spacial score (nSPS) is 15.3. The number of nitrogens with zero attached hydrogens (tertiary/aromatic N) is 2. The summed E-state index contributed by atoms with van der Waals surface area (Å²) in [6.45, 7) is 4.75. The SMILES string of the molecule is O=C(NCCCc1ccc(Cl)cc1)N1CCN(Cc2ccco2)CC1. The van der Waals surface area contributed by atoms with Crippen molar-refractivity contribution in [3.8, 4) is 0 Å². The van der Waals surface area contributed by atoms with Gasteiger partial charge in [-0.05, 0) is 42.7 Å². The molecule has 1 aromatic heterocycles. The van der Waals surface area contributed by atoms with E-state index in [0.717, 1.165) is 56.3 Å². The van der Waals surface area contributed by atoms with E-state index in [9.17, 15) is 4.79 Å². The summed E-state index contributed by atoms with van der Waals surface area (Å²) in [6, 6.07) is 11.8.